The number of carbonyl (C=O) groups excluding carboxylic acids is 1. The zero-order chi connectivity index (χ0) is 23.5. The Morgan fingerprint density at radius 1 is 1.25 bits per heavy atom. The minimum Gasteiger partial charge on any atom is -0.497 e. The van der Waals surface area contributed by atoms with Crippen LogP contribution in [0, 0.1) is 0 Å². The number of rotatable bonds is 6. The largest absolute Gasteiger partial charge is 0.497 e. The zero-order valence-corrected chi connectivity index (χ0v) is 18.9. The lowest BCUT2D eigenvalue weighted by Crippen LogP contribution is -2.56. The maximum atomic E-state index is 12.5. The molecule has 1 aliphatic rings. The Balaban J connectivity index is 1.77. The summed E-state index contributed by atoms with van der Waals surface area (Å²) in [7, 11) is 1.58. The van der Waals surface area contributed by atoms with Crippen LogP contribution in [0.25, 0.3) is 10.9 Å². The van der Waals surface area contributed by atoms with Gasteiger partial charge in [0.2, 0.25) is 0 Å². The summed E-state index contributed by atoms with van der Waals surface area (Å²) in [6.07, 6.45) is 0.178. The van der Waals surface area contributed by atoms with Crippen LogP contribution in [0.2, 0.25) is 0 Å². The van der Waals surface area contributed by atoms with Crippen molar-refractivity contribution >= 4 is 23.0 Å². The second-order valence-corrected chi connectivity index (χ2v) is 8.97. The highest BCUT2D eigenvalue weighted by Gasteiger charge is 2.34. The molecule has 9 heteroatoms. The van der Waals surface area contributed by atoms with Gasteiger partial charge in [0.1, 0.15) is 11.4 Å². The van der Waals surface area contributed by atoms with Gasteiger partial charge in [0.25, 0.3) is 0 Å². The number of methoxy groups -OCH3 is 1. The van der Waals surface area contributed by atoms with Crippen LogP contribution in [-0.2, 0) is 9.53 Å². The normalized spacial score (nSPS) is 18.4. The minimum atomic E-state index is -0.959. The number of benzene rings is 1. The summed E-state index contributed by atoms with van der Waals surface area (Å²) in [6, 6.07) is 6.79. The SMILES string of the molecule is COc1ccc2nccc(C(O)CN3CCN(C(=O)OC(C)(C)C)C[C@H]3CC(=O)O)c2c1. The second kappa shape index (κ2) is 9.70. The predicted molar refractivity (Wildman–Crippen MR) is 119 cm³/mol. The van der Waals surface area contributed by atoms with Crippen LogP contribution in [0.3, 0.4) is 0 Å². The number of piperazine rings is 1. The lowest BCUT2D eigenvalue weighted by Gasteiger charge is -2.41. The maximum Gasteiger partial charge on any atom is 0.410 e. The summed E-state index contributed by atoms with van der Waals surface area (Å²) in [6.45, 7) is 6.65. The summed E-state index contributed by atoms with van der Waals surface area (Å²) < 4.78 is 10.7. The summed E-state index contributed by atoms with van der Waals surface area (Å²) in [5.74, 6) is -0.298. The summed E-state index contributed by atoms with van der Waals surface area (Å²) >= 11 is 0. The van der Waals surface area contributed by atoms with E-state index in [2.05, 4.69) is 4.98 Å². The Bertz CT molecular complexity index is 974. The lowest BCUT2D eigenvalue weighted by molar-refractivity contribution is -0.139. The molecular formula is C23H31N3O6. The topological polar surface area (TPSA) is 112 Å². The average molecular weight is 446 g/mol. The molecule has 1 aromatic carbocycles. The molecule has 3 rings (SSSR count). The van der Waals surface area contributed by atoms with E-state index in [1.807, 2.05) is 23.1 Å². The van der Waals surface area contributed by atoms with E-state index >= 15 is 0 Å². The van der Waals surface area contributed by atoms with E-state index in [9.17, 15) is 19.8 Å². The van der Waals surface area contributed by atoms with Crippen molar-refractivity contribution in [1.29, 1.82) is 0 Å². The Kier molecular flexibility index (Phi) is 7.20. The van der Waals surface area contributed by atoms with Crippen molar-refractivity contribution in [2.24, 2.45) is 0 Å². The number of aromatic nitrogens is 1. The highest BCUT2D eigenvalue weighted by atomic mass is 16.6. The first-order chi connectivity index (χ1) is 15.1. The molecule has 1 fully saturated rings. The fraction of sp³-hybridized carbons (Fsp3) is 0.522. The van der Waals surface area contributed by atoms with E-state index in [4.69, 9.17) is 9.47 Å². The molecule has 0 saturated carbocycles. The number of amides is 1. The van der Waals surface area contributed by atoms with Crippen molar-refractivity contribution in [3.8, 4) is 5.75 Å². The van der Waals surface area contributed by atoms with Crippen molar-refractivity contribution in [1.82, 2.24) is 14.8 Å². The van der Waals surface area contributed by atoms with Crippen molar-refractivity contribution in [2.45, 2.75) is 44.9 Å². The second-order valence-electron chi connectivity index (χ2n) is 8.97. The molecule has 32 heavy (non-hydrogen) atoms. The van der Waals surface area contributed by atoms with Gasteiger partial charge in [-0.15, -0.1) is 0 Å². The monoisotopic (exact) mass is 445 g/mol. The smallest absolute Gasteiger partial charge is 0.410 e. The van der Waals surface area contributed by atoms with E-state index in [0.29, 0.717) is 24.4 Å². The van der Waals surface area contributed by atoms with E-state index < -0.39 is 29.8 Å². The molecule has 0 radical (unpaired) electrons. The average Bonchev–Trinajstić information content (AvgIpc) is 2.72. The molecule has 2 atom stereocenters. The number of aliphatic hydroxyl groups is 1. The number of hydrogen-bond donors (Lipinski definition) is 2. The Morgan fingerprint density at radius 3 is 2.66 bits per heavy atom. The Morgan fingerprint density at radius 2 is 2.00 bits per heavy atom. The van der Waals surface area contributed by atoms with Crippen LogP contribution in [-0.4, -0.2) is 82.0 Å². The molecule has 9 nitrogen and oxygen atoms in total. The molecule has 2 heterocycles. The van der Waals surface area contributed by atoms with Crippen molar-refractivity contribution in [2.75, 3.05) is 33.3 Å². The van der Waals surface area contributed by atoms with Gasteiger partial charge in [0, 0.05) is 43.8 Å². The van der Waals surface area contributed by atoms with Gasteiger partial charge in [-0.3, -0.25) is 14.7 Å². The molecule has 0 spiro atoms. The van der Waals surface area contributed by atoms with Crippen LogP contribution in [0.5, 0.6) is 5.75 Å². The van der Waals surface area contributed by atoms with Crippen LogP contribution in [0.4, 0.5) is 4.79 Å². The first kappa shape index (κ1) is 23.7. The number of carbonyl (C=O) groups is 2. The number of hydrogen-bond acceptors (Lipinski definition) is 7. The van der Waals surface area contributed by atoms with Gasteiger partial charge in [-0.1, -0.05) is 0 Å². The van der Waals surface area contributed by atoms with Gasteiger partial charge in [0.05, 0.1) is 25.2 Å². The molecule has 0 bridgehead atoms. The number of aliphatic carboxylic acids is 1. The molecule has 1 aliphatic heterocycles. The Labute approximate surface area is 187 Å². The van der Waals surface area contributed by atoms with Gasteiger partial charge in [0.15, 0.2) is 0 Å². The quantitative estimate of drug-likeness (QED) is 0.698. The summed E-state index contributed by atoms with van der Waals surface area (Å²) in [4.78, 5) is 31.7. The molecule has 1 saturated heterocycles. The molecule has 1 unspecified atom stereocenters. The highest BCUT2D eigenvalue weighted by Crippen LogP contribution is 2.28. The summed E-state index contributed by atoms with van der Waals surface area (Å²) in [5, 5.41) is 21.2. The third-order valence-corrected chi connectivity index (χ3v) is 5.42. The number of ether oxygens (including phenoxy) is 2. The van der Waals surface area contributed by atoms with Crippen LogP contribution in [0.1, 0.15) is 38.9 Å². The minimum absolute atomic E-state index is 0.142. The van der Waals surface area contributed by atoms with Gasteiger partial charge in [-0.2, -0.15) is 0 Å². The van der Waals surface area contributed by atoms with Gasteiger partial charge in [-0.25, -0.2) is 4.79 Å². The maximum absolute atomic E-state index is 12.5. The van der Waals surface area contributed by atoms with Crippen molar-refractivity contribution < 1.29 is 29.3 Å². The third kappa shape index (κ3) is 5.86. The molecular weight excluding hydrogens is 414 g/mol. The molecule has 2 aromatic rings. The number of carboxylic acid groups (broad SMARTS) is 1. The fourth-order valence-corrected chi connectivity index (χ4v) is 3.91. The Hall–Kier alpha value is -2.91. The number of carboxylic acids is 1. The first-order valence-corrected chi connectivity index (χ1v) is 10.6. The first-order valence-electron chi connectivity index (χ1n) is 10.6. The van der Waals surface area contributed by atoms with E-state index in [1.54, 1.807) is 40.1 Å². The number of β-amino-alcohol motifs (C(OH)–C–C–N with tert-alkyl or cyclic N) is 1. The molecule has 1 aromatic heterocycles. The van der Waals surface area contributed by atoms with Gasteiger partial charge >= 0.3 is 12.1 Å². The number of aliphatic hydroxyl groups excluding tert-OH is 1. The highest BCUT2D eigenvalue weighted by molar-refractivity contribution is 5.83. The molecule has 1 amide bonds. The van der Waals surface area contributed by atoms with Crippen LogP contribution >= 0.6 is 0 Å². The fourth-order valence-electron chi connectivity index (χ4n) is 3.91. The lowest BCUT2D eigenvalue weighted by atomic mass is 10.0. The zero-order valence-electron chi connectivity index (χ0n) is 18.9. The van der Waals surface area contributed by atoms with Crippen molar-refractivity contribution in [3.63, 3.8) is 0 Å². The molecule has 0 aliphatic carbocycles. The predicted octanol–water partition coefficient (Wildman–Crippen LogP) is 2.67. The number of fused-ring (bicyclic) bond motifs is 1. The van der Waals surface area contributed by atoms with E-state index in [1.165, 1.54) is 4.90 Å². The van der Waals surface area contributed by atoms with Gasteiger partial charge < -0.3 is 24.6 Å². The van der Waals surface area contributed by atoms with E-state index in [0.717, 1.165) is 10.9 Å². The molecule has 2 N–H and O–H groups in total. The number of nitrogens with zero attached hydrogens (tertiary/aromatic N) is 3. The standard InChI is InChI=1S/C23H31N3O6/c1-23(2,3)32-22(30)26-10-9-25(15(13-26)11-21(28)29)14-20(27)17-7-8-24-19-6-5-16(31-4)12-18(17)19/h5-8,12,15,20,27H,9-11,13-14H2,1-4H3,(H,28,29)/t15-,20?/m1/s1. The van der Waals surface area contributed by atoms with E-state index in [-0.39, 0.29) is 19.5 Å². The number of pyridine rings is 1. The van der Waals surface area contributed by atoms with Gasteiger partial charge in [-0.05, 0) is 50.6 Å². The summed E-state index contributed by atoms with van der Waals surface area (Å²) in [5.41, 5.74) is 0.799. The third-order valence-electron chi connectivity index (χ3n) is 5.42. The van der Waals surface area contributed by atoms with Crippen molar-refractivity contribution in [3.05, 3.63) is 36.0 Å². The van der Waals surface area contributed by atoms with Crippen LogP contribution < -0.4 is 4.74 Å². The van der Waals surface area contributed by atoms with Crippen LogP contribution in [0.15, 0.2) is 30.5 Å². The molecule has 174 valence electrons.